The van der Waals surface area contributed by atoms with Gasteiger partial charge in [0.15, 0.2) is 0 Å². The van der Waals surface area contributed by atoms with Crippen molar-refractivity contribution in [2.45, 2.75) is 13.2 Å². The summed E-state index contributed by atoms with van der Waals surface area (Å²) in [5, 5.41) is 33.3. The van der Waals surface area contributed by atoms with Gasteiger partial charge in [0.05, 0.1) is 11.1 Å². The molecule has 0 atom stereocenters. The van der Waals surface area contributed by atoms with E-state index in [-0.39, 0.29) is 24.3 Å². The fourth-order valence-corrected chi connectivity index (χ4v) is 1.69. The van der Waals surface area contributed by atoms with Crippen molar-refractivity contribution in [1.29, 1.82) is 0 Å². The number of carboxylic acids is 2. The zero-order valence-electron chi connectivity index (χ0n) is 13.2. The molecule has 0 saturated carbocycles. The fourth-order valence-electron chi connectivity index (χ4n) is 1.69. The Hall–Kier alpha value is -1.32. The highest BCUT2D eigenvalue weighted by atomic mass is 128. The highest BCUT2D eigenvalue weighted by Gasteiger charge is 2.02. The number of benzene rings is 2. The Kier molecular flexibility index (Phi) is 14.1. The minimum absolute atomic E-state index is 0.00111. The average Bonchev–Trinajstić information content (AvgIpc) is 2.65. The van der Waals surface area contributed by atoms with Crippen LogP contribution in [0.15, 0.2) is 48.5 Å². The van der Waals surface area contributed by atoms with Crippen molar-refractivity contribution in [3.63, 3.8) is 0 Å². The van der Waals surface area contributed by atoms with Gasteiger partial charge in [-0.1, -0.05) is 24.3 Å². The van der Waals surface area contributed by atoms with Crippen LogP contribution in [0.1, 0.15) is 31.8 Å². The van der Waals surface area contributed by atoms with Gasteiger partial charge in [-0.15, -0.1) is 0 Å². The molecule has 10 heteroatoms. The Balaban J connectivity index is 0.000000439. The molecule has 8 nitrogen and oxygen atoms in total. The maximum Gasteiger partial charge on any atom is 0.335 e. The van der Waals surface area contributed by atoms with Crippen molar-refractivity contribution in [2.24, 2.45) is 0 Å². The van der Waals surface area contributed by atoms with Gasteiger partial charge in [-0.2, -0.15) is 0 Å². The summed E-state index contributed by atoms with van der Waals surface area (Å²) >= 11 is 4.24. The normalized spacial score (nSPS) is 9.23. The van der Waals surface area contributed by atoms with Crippen molar-refractivity contribution >= 4 is 49.2 Å². The molecule has 0 fully saturated rings. The maximum absolute atomic E-state index is 10.5. The van der Waals surface area contributed by atoms with E-state index in [1.165, 1.54) is 24.3 Å². The van der Waals surface area contributed by atoms with Gasteiger partial charge in [0.1, 0.15) is 13.2 Å². The first-order chi connectivity index (χ1) is 12.5. The minimum atomic E-state index is -0.991. The Morgan fingerprint density at radius 1 is 0.769 bits per heavy atom. The van der Waals surface area contributed by atoms with Crippen molar-refractivity contribution < 1.29 is 40.1 Å². The van der Waals surface area contributed by atoms with Crippen molar-refractivity contribution in [2.75, 3.05) is 0 Å². The number of rotatable bonds is 6. The molecule has 0 aliphatic rings. The molecule has 0 amide bonds. The smallest absolute Gasteiger partial charge is 0.335 e. The molecule has 26 heavy (non-hydrogen) atoms. The number of carboxylic acid groups (broad SMARTS) is 2. The summed E-state index contributed by atoms with van der Waals surface area (Å²) in [6, 6.07) is 12.3. The van der Waals surface area contributed by atoms with Gasteiger partial charge < -0.3 is 10.2 Å². The molecule has 0 spiro atoms. The third-order valence-corrected chi connectivity index (χ3v) is 2.84. The monoisotopic (exact) mass is 590 g/mol. The zero-order valence-corrected chi connectivity index (χ0v) is 17.5. The first-order valence-electron chi connectivity index (χ1n) is 6.79. The number of carbonyl (C=O) groups is 2. The summed E-state index contributed by atoms with van der Waals surface area (Å²) in [5.41, 5.74) is 1.75. The Bertz CT molecular complexity index is 676. The topological polar surface area (TPSA) is 134 Å². The Labute approximate surface area is 172 Å². The van der Waals surface area contributed by atoms with E-state index < -0.39 is 11.9 Å². The van der Waals surface area contributed by atoms with Gasteiger partial charge in [-0.25, -0.2) is 19.4 Å². The van der Waals surface area contributed by atoms with E-state index in [4.69, 9.17) is 20.7 Å². The van der Waals surface area contributed by atoms with Crippen LogP contribution >= 0.6 is 37.2 Å². The minimum Gasteiger partial charge on any atom is -0.478 e. The van der Waals surface area contributed by atoms with Crippen molar-refractivity contribution in [3.8, 4) is 0 Å². The van der Waals surface area contributed by atoms with Crippen LogP contribution in [0.5, 0.6) is 0 Å². The van der Waals surface area contributed by atoms with Crippen LogP contribution in [0.4, 0.5) is 0 Å². The van der Waals surface area contributed by atoms with E-state index in [9.17, 15) is 9.59 Å². The molecule has 2 rings (SSSR count). The maximum atomic E-state index is 10.5. The Morgan fingerprint density at radius 2 is 1.27 bits per heavy atom. The number of hydrogen-bond acceptors (Lipinski definition) is 6. The van der Waals surface area contributed by atoms with Crippen LogP contribution in [0.25, 0.3) is 0 Å². The van der Waals surface area contributed by atoms with E-state index in [0.29, 0.717) is 5.56 Å². The van der Waals surface area contributed by atoms with E-state index in [0.717, 1.165) is 5.56 Å². The van der Waals surface area contributed by atoms with Crippen molar-refractivity contribution in [1.82, 2.24) is 0 Å². The molecular formula is C16H16I2O8. The van der Waals surface area contributed by atoms with Crippen LogP contribution in [0.2, 0.25) is 0 Å². The summed E-state index contributed by atoms with van der Waals surface area (Å²) in [5.74, 6) is -1.96. The van der Waals surface area contributed by atoms with Gasteiger partial charge in [-0.05, 0) is 35.4 Å². The SMILES string of the molecule is II.O=C(O)c1ccc(COO)cc1.O=C(O)c1cccc(COO)c1. The first kappa shape index (κ1) is 24.7. The van der Waals surface area contributed by atoms with E-state index in [2.05, 4.69) is 47.0 Å². The van der Waals surface area contributed by atoms with Gasteiger partial charge in [0.25, 0.3) is 0 Å². The lowest BCUT2D eigenvalue weighted by Gasteiger charge is -1.98. The molecule has 0 radical (unpaired) electrons. The largest absolute Gasteiger partial charge is 0.478 e. The lowest BCUT2D eigenvalue weighted by atomic mass is 10.1. The summed E-state index contributed by atoms with van der Waals surface area (Å²) in [4.78, 5) is 28.6. The molecule has 0 heterocycles. The molecule has 2 aromatic rings. The predicted octanol–water partition coefficient (Wildman–Crippen LogP) is 4.52. The first-order valence-corrected chi connectivity index (χ1v) is 13.1. The van der Waals surface area contributed by atoms with E-state index in [1.807, 2.05) is 0 Å². The van der Waals surface area contributed by atoms with Crippen LogP contribution in [0, 0.1) is 0 Å². The number of halogens is 2. The molecule has 0 aromatic heterocycles. The quantitative estimate of drug-likeness (QED) is 0.220. The Morgan fingerprint density at radius 3 is 1.73 bits per heavy atom. The molecule has 0 aliphatic carbocycles. The second kappa shape index (κ2) is 14.8. The average molecular weight is 590 g/mol. The standard InChI is InChI=1S/2C8H8O4.I2/c9-8(10)7-3-1-6(2-4-7)5-12-11;9-8(10)7-3-1-2-6(4-7)5-12-11;1-2/h2*1-4,11H,5H2,(H,9,10);. The van der Waals surface area contributed by atoms with Gasteiger partial charge in [0, 0.05) is 37.2 Å². The molecule has 0 unspecified atom stereocenters. The molecule has 0 aliphatic heterocycles. The molecule has 2 aromatic carbocycles. The van der Waals surface area contributed by atoms with Gasteiger partial charge in [0.2, 0.25) is 0 Å². The molecule has 0 bridgehead atoms. The van der Waals surface area contributed by atoms with Crippen LogP contribution in [-0.2, 0) is 23.0 Å². The third-order valence-electron chi connectivity index (χ3n) is 2.84. The van der Waals surface area contributed by atoms with Gasteiger partial charge >= 0.3 is 11.9 Å². The lowest BCUT2D eigenvalue weighted by molar-refractivity contribution is -0.253. The second-order valence-electron chi connectivity index (χ2n) is 4.55. The third kappa shape index (κ3) is 9.98. The van der Waals surface area contributed by atoms with Crippen LogP contribution in [-0.4, -0.2) is 32.7 Å². The van der Waals surface area contributed by atoms with Crippen LogP contribution < -0.4 is 0 Å². The van der Waals surface area contributed by atoms with Crippen LogP contribution in [0.3, 0.4) is 0 Å². The summed E-state index contributed by atoms with van der Waals surface area (Å²) in [6.07, 6.45) is 0. The summed E-state index contributed by atoms with van der Waals surface area (Å²) in [7, 11) is 0. The van der Waals surface area contributed by atoms with E-state index >= 15 is 0 Å². The lowest BCUT2D eigenvalue weighted by Crippen LogP contribution is -1.97. The molecule has 0 saturated heterocycles. The summed E-state index contributed by atoms with van der Waals surface area (Å²) in [6.45, 7) is 0.0705. The van der Waals surface area contributed by atoms with Gasteiger partial charge in [-0.3, -0.25) is 10.5 Å². The number of hydrogen-bond donors (Lipinski definition) is 4. The zero-order chi connectivity index (χ0) is 19.9. The second-order valence-corrected chi connectivity index (χ2v) is 4.55. The summed E-state index contributed by atoms with van der Waals surface area (Å²) < 4.78 is 0. The highest BCUT2D eigenvalue weighted by Crippen LogP contribution is 2.06. The number of aromatic carboxylic acids is 2. The predicted molar refractivity (Wildman–Crippen MR) is 110 cm³/mol. The fraction of sp³-hybridized carbons (Fsp3) is 0.125. The van der Waals surface area contributed by atoms with E-state index in [1.54, 1.807) is 24.3 Å². The molecule has 4 N–H and O–H groups in total. The van der Waals surface area contributed by atoms with Crippen molar-refractivity contribution in [3.05, 3.63) is 70.8 Å². The molecule has 142 valence electrons. The highest BCUT2D eigenvalue weighted by molar-refractivity contribution is 15.0. The molecular weight excluding hydrogens is 574 g/mol.